The Balaban J connectivity index is 1.50. The van der Waals surface area contributed by atoms with Crippen LogP contribution in [0.5, 0.6) is 0 Å². The molecule has 0 atom stereocenters. The minimum absolute atomic E-state index is 0.301. The Morgan fingerprint density at radius 2 is 1.94 bits per heavy atom. The fourth-order valence-corrected chi connectivity index (χ4v) is 5.91. The van der Waals surface area contributed by atoms with E-state index in [1.165, 1.54) is 24.8 Å². The molecule has 2 N–H and O–H groups in total. The van der Waals surface area contributed by atoms with E-state index >= 15 is 0 Å². The number of methoxy groups -OCH3 is 1. The van der Waals surface area contributed by atoms with Crippen LogP contribution in [0.1, 0.15) is 63.4 Å². The van der Waals surface area contributed by atoms with E-state index in [-0.39, 0.29) is 5.97 Å². The Labute approximate surface area is 204 Å². The predicted molar refractivity (Wildman–Crippen MR) is 139 cm³/mol. The van der Waals surface area contributed by atoms with Crippen molar-refractivity contribution in [2.75, 3.05) is 17.7 Å². The Bertz CT molecular complexity index is 1170. The van der Waals surface area contributed by atoms with Crippen LogP contribution in [-0.2, 0) is 24.1 Å². The number of aryl methyl sites for hydroxylation is 3. The molecule has 6 nitrogen and oxygen atoms in total. The molecule has 2 heterocycles. The Hall–Kier alpha value is -2.71. The average molecular weight is 483 g/mol. The van der Waals surface area contributed by atoms with Crippen LogP contribution in [0, 0.1) is 13.8 Å². The zero-order chi connectivity index (χ0) is 23.4. The number of fused-ring (bicyclic) bond motifs is 1. The Kier molecular flexibility index (Phi) is 7.45. The van der Waals surface area contributed by atoms with E-state index in [0.717, 1.165) is 58.9 Å². The monoisotopic (exact) mass is 482 g/mol. The molecule has 0 spiro atoms. The van der Waals surface area contributed by atoms with Gasteiger partial charge >= 0.3 is 5.97 Å². The van der Waals surface area contributed by atoms with E-state index in [1.54, 1.807) is 11.3 Å². The van der Waals surface area contributed by atoms with E-state index < -0.39 is 0 Å². The van der Waals surface area contributed by atoms with Gasteiger partial charge in [-0.1, -0.05) is 25.0 Å². The fourth-order valence-electron chi connectivity index (χ4n) is 4.35. The van der Waals surface area contributed by atoms with Gasteiger partial charge in [-0.15, -0.1) is 11.3 Å². The SMILES string of the molecule is COC(=O)c1c(NC(=S)Nc2cccc(Cn3nc(C)cc3C)c2)sc2c1CCCCCC2. The number of benzene rings is 1. The molecule has 1 aliphatic carbocycles. The highest BCUT2D eigenvalue weighted by atomic mass is 32.1. The van der Waals surface area contributed by atoms with E-state index in [9.17, 15) is 4.79 Å². The van der Waals surface area contributed by atoms with Gasteiger partial charge in [-0.25, -0.2) is 4.79 Å². The van der Waals surface area contributed by atoms with E-state index in [1.807, 2.05) is 23.7 Å². The number of carbonyl (C=O) groups is 1. The van der Waals surface area contributed by atoms with Crippen molar-refractivity contribution in [3.8, 4) is 0 Å². The zero-order valence-electron chi connectivity index (χ0n) is 19.4. The summed E-state index contributed by atoms with van der Waals surface area (Å²) in [7, 11) is 1.43. The third-order valence-electron chi connectivity index (χ3n) is 5.91. The topological polar surface area (TPSA) is 68.2 Å². The summed E-state index contributed by atoms with van der Waals surface area (Å²) in [6.45, 7) is 4.75. The first-order valence-electron chi connectivity index (χ1n) is 11.4. The molecule has 2 aromatic heterocycles. The summed E-state index contributed by atoms with van der Waals surface area (Å²) in [5.41, 5.74) is 5.93. The number of hydrogen-bond acceptors (Lipinski definition) is 5. The summed E-state index contributed by atoms with van der Waals surface area (Å²) in [4.78, 5) is 13.9. The molecule has 0 fully saturated rings. The number of thiophene rings is 1. The molecular weight excluding hydrogens is 452 g/mol. The summed E-state index contributed by atoms with van der Waals surface area (Å²) >= 11 is 7.23. The maximum Gasteiger partial charge on any atom is 0.341 e. The first kappa shape index (κ1) is 23.4. The summed E-state index contributed by atoms with van der Waals surface area (Å²) < 4.78 is 7.11. The second kappa shape index (κ2) is 10.5. The third kappa shape index (κ3) is 5.62. The normalized spacial score (nSPS) is 13.5. The maximum atomic E-state index is 12.6. The molecule has 1 aliphatic rings. The lowest BCUT2D eigenvalue weighted by Gasteiger charge is -2.13. The molecule has 0 bridgehead atoms. The van der Waals surface area contributed by atoms with Crippen molar-refractivity contribution in [1.29, 1.82) is 0 Å². The number of esters is 1. The number of nitrogens with one attached hydrogen (secondary N) is 2. The minimum Gasteiger partial charge on any atom is -0.465 e. The second-order valence-corrected chi connectivity index (χ2v) is 9.99. The maximum absolute atomic E-state index is 12.6. The Morgan fingerprint density at radius 1 is 1.15 bits per heavy atom. The molecule has 0 saturated heterocycles. The lowest BCUT2D eigenvalue weighted by atomic mass is 9.96. The molecule has 33 heavy (non-hydrogen) atoms. The van der Waals surface area contributed by atoms with Crippen molar-refractivity contribution in [1.82, 2.24) is 9.78 Å². The van der Waals surface area contributed by atoms with Crippen LogP contribution in [0.15, 0.2) is 30.3 Å². The van der Waals surface area contributed by atoms with Gasteiger partial charge in [0.25, 0.3) is 0 Å². The van der Waals surface area contributed by atoms with Crippen molar-refractivity contribution in [3.05, 3.63) is 63.3 Å². The zero-order valence-corrected chi connectivity index (χ0v) is 21.0. The van der Waals surface area contributed by atoms with Gasteiger partial charge in [0.15, 0.2) is 5.11 Å². The molecule has 0 aliphatic heterocycles. The standard InChI is InChI=1S/C25H30N4O2S2/c1-16-13-17(2)29(28-16)15-18-9-8-10-19(14-18)26-25(32)27-23-22(24(30)31-3)20-11-6-4-5-7-12-21(20)33-23/h8-10,13-14H,4-7,11-12,15H2,1-3H3,(H2,26,27,32). The summed E-state index contributed by atoms with van der Waals surface area (Å²) in [6, 6.07) is 10.2. The molecular formula is C25H30N4O2S2. The highest BCUT2D eigenvalue weighted by Crippen LogP contribution is 2.37. The number of carbonyl (C=O) groups excluding carboxylic acids is 1. The fraction of sp³-hybridized carbons (Fsp3) is 0.400. The summed E-state index contributed by atoms with van der Waals surface area (Å²) in [5.74, 6) is -0.301. The number of aromatic nitrogens is 2. The highest BCUT2D eigenvalue weighted by molar-refractivity contribution is 7.80. The minimum atomic E-state index is -0.301. The van der Waals surface area contributed by atoms with Gasteiger partial charge in [0.1, 0.15) is 5.00 Å². The first-order chi connectivity index (χ1) is 15.9. The van der Waals surface area contributed by atoms with Crippen molar-refractivity contribution in [3.63, 3.8) is 0 Å². The van der Waals surface area contributed by atoms with Gasteiger partial charge < -0.3 is 15.4 Å². The van der Waals surface area contributed by atoms with Crippen LogP contribution >= 0.6 is 23.6 Å². The average Bonchev–Trinajstić information content (AvgIpc) is 3.25. The van der Waals surface area contributed by atoms with Gasteiger partial charge in [0, 0.05) is 16.3 Å². The van der Waals surface area contributed by atoms with E-state index in [4.69, 9.17) is 17.0 Å². The number of nitrogens with zero attached hydrogens (tertiary/aromatic N) is 2. The van der Waals surface area contributed by atoms with Crippen LogP contribution in [0.3, 0.4) is 0 Å². The summed E-state index contributed by atoms with van der Waals surface area (Å²) in [5, 5.41) is 12.3. The number of thiocarbonyl (C=S) groups is 1. The number of rotatable bonds is 5. The second-order valence-electron chi connectivity index (χ2n) is 8.48. The third-order valence-corrected chi connectivity index (χ3v) is 7.32. The quantitative estimate of drug-likeness (QED) is 0.350. The van der Waals surface area contributed by atoms with Crippen LogP contribution < -0.4 is 10.6 Å². The van der Waals surface area contributed by atoms with Gasteiger partial charge in [-0.05, 0) is 81.1 Å². The molecule has 0 radical (unpaired) electrons. The molecule has 3 aromatic rings. The van der Waals surface area contributed by atoms with E-state index in [2.05, 4.69) is 40.9 Å². The van der Waals surface area contributed by atoms with E-state index in [0.29, 0.717) is 17.2 Å². The largest absolute Gasteiger partial charge is 0.465 e. The van der Waals surface area contributed by atoms with Gasteiger partial charge in [0.05, 0.1) is 24.9 Å². The van der Waals surface area contributed by atoms with Gasteiger partial charge in [0.2, 0.25) is 0 Å². The Morgan fingerprint density at radius 3 is 2.67 bits per heavy atom. The molecule has 4 rings (SSSR count). The summed E-state index contributed by atoms with van der Waals surface area (Å²) in [6.07, 6.45) is 6.59. The van der Waals surface area contributed by atoms with Crippen LogP contribution in [0.25, 0.3) is 0 Å². The number of ether oxygens (including phenoxy) is 1. The lowest BCUT2D eigenvalue weighted by Crippen LogP contribution is -2.20. The molecule has 0 saturated carbocycles. The smallest absolute Gasteiger partial charge is 0.341 e. The molecule has 1 aromatic carbocycles. The molecule has 0 unspecified atom stereocenters. The molecule has 174 valence electrons. The molecule has 0 amide bonds. The molecule has 8 heteroatoms. The number of anilines is 2. The van der Waals surface area contributed by atoms with Crippen LogP contribution in [-0.4, -0.2) is 28.0 Å². The van der Waals surface area contributed by atoms with Crippen molar-refractivity contribution < 1.29 is 9.53 Å². The van der Waals surface area contributed by atoms with Gasteiger partial charge in [-0.2, -0.15) is 5.10 Å². The van der Waals surface area contributed by atoms with Crippen molar-refractivity contribution in [2.45, 2.75) is 58.9 Å². The predicted octanol–water partition coefficient (Wildman–Crippen LogP) is 5.86. The highest BCUT2D eigenvalue weighted by Gasteiger charge is 2.25. The van der Waals surface area contributed by atoms with Gasteiger partial charge in [-0.3, -0.25) is 4.68 Å². The lowest BCUT2D eigenvalue weighted by molar-refractivity contribution is 0.0601. The van der Waals surface area contributed by atoms with Crippen molar-refractivity contribution >= 4 is 45.3 Å². The first-order valence-corrected chi connectivity index (χ1v) is 12.6. The van der Waals surface area contributed by atoms with Crippen molar-refractivity contribution in [2.24, 2.45) is 0 Å². The number of hydrogen-bond donors (Lipinski definition) is 2. The van der Waals surface area contributed by atoms with Crippen LogP contribution in [0.4, 0.5) is 10.7 Å². The van der Waals surface area contributed by atoms with Crippen LogP contribution in [0.2, 0.25) is 0 Å².